The first-order chi connectivity index (χ1) is 15.3. The van der Waals surface area contributed by atoms with Gasteiger partial charge < -0.3 is 4.74 Å². The standard InChI is InChI=1S/C22H19BrClN3O4S/c23-21-11-8-19(31-15-16-4-2-1-3-5-16)12-17(21)13-25-27-22(28)14-26-32(29,30)20-9-6-18(24)7-10-20/h1-13,26H,14-15H2,(H,27,28)/b25-13+. The summed E-state index contributed by atoms with van der Waals surface area (Å²) in [6.45, 7) is -0.0484. The molecule has 0 bridgehead atoms. The topological polar surface area (TPSA) is 96.9 Å². The van der Waals surface area contributed by atoms with Gasteiger partial charge in [-0.1, -0.05) is 57.9 Å². The Morgan fingerprint density at radius 1 is 1.06 bits per heavy atom. The number of hydrogen-bond donors (Lipinski definition) is 2. The molecule has 0 unspecified atom stereocenters. The lowest BCUT2D eigenvalue weighted by molar-refractivity contribution is -0.119. The van der Waals surface area contributed by atoms with Crippen LogP contribution in [-0.2, 0) is 21.4 Å². The molecule has 1 amide bonds. The minimum atomic E-state index is -3.84. The molecule has 10 heteroatoms. The summed E-state index contributed by atoms with van der Waals surface area (Å²) in [5.74, 6) is 0.0203. The Balaban J connectivity index is 1.53. The van der Waals surface area contributed by atoms with Crippen LogP contribution in [0.5, 0.6) is 5.75 Å². The minimum Gasteiger partial charge on any atom is -0.489 e. The van der Waals surface area contributed by atoms with E-state index < -0.39 is 22.5 Å². The summed E-state index contributed by atoms with van der Waals surface area (Å²) in [6.07, 6.45) is 1.44. The molecule has 0 aliphatic heterocycles. The average molecular weight is 537 g/mol. The number of nitrogens with zero attached hydrogens (tertiary/aromatic N) is 1. The number of nitrogens with one attached hydrogen (secondary N) is 2. The van der Waals surface area contributed by atoms with Crippen molar-refractivity contribution in [2.24, 2.45) is 5.10 Å². The van der Waals surface area contributed by atoms with Crippen molar-refractivity contribution in [2.75, 3.05) is 6.54 Å². The number of hydrazone groups is 1. The highest BCUT2D eigenvalue weighted by molar-refractivity contribution is 9.10. The molecule has 2 N–H and O–H groups in total. The molecular formula is C22H19BrClN3O4S. The highest BCUT2D eigenvalue weighted by atomic mass is 79.9. The van der Waals surface area contributed by atoms with Gasteiger partial charge in [-0.05, 0) is 48.0 Å². The second kappa shape index (κ2) is 11.2. The smallest absolute Gasteiger partial charge is 0.255 e. The van der Waals surface area contributed by atoms with Gasteiger partial charge in [-0.2, -0.15) is 5.10 Å². The first kappa shape index (κ1) is 23.9. The molecule has 0 radical (unpaired) electrons. The Hall–Kier alpha value is -2.72. The predicted molar refractivity (Wildman–Crippen MR) is 127 cm³/mol. The highest BCUT2D eigenvalue weighted by Gasteiger charge is 2.15. The number of sulfonamides is 1. The van der Waals surface area contributed by atoms with Crippen LogP contribution in [0.1, 0.15) is 11.1 Å². The number of carbonyl (C=O) groups excluding carboxylic acids is 1. The summed E-state index contributed by atoms with van der Waals surface area (Å²) in [5, 5.41) is 4.30. The molecule has 0 aliphatic carbocycles. The maximum absolute atomic E-state index is 12.2. The van der Waals surface area contributed by atoms with E-state index >= 15 is 0 Å². The molecule has 0 aliphatic rings. The number of benzene rings is 3. The monoisotopic (exact) mass is 535 g/mol. The van der Waals surface area contributed by atoms with Crippen molar-refractivity contribution in [2.45, 2.75) is 11.5 Å². The second-order valence-electron chi connectivity index (χ2n) is 6.53. The molecule has 0 fully saturated rings. The van der Waals surface area contributed by atoms with Gasteiger partial charge in [0.25, 0.3) is 5.91 Å². The number of hydrogen-bond acceptors (Lipinski definition) is 5. The van der Waals surface area contributed by atoms with Crippen LogP contribution in [0.4, 0.5) is 0 Å². The number of carbonyl (C=O) groups is 1. The molecule has 3 rings (SSSR count). The normalized spacial score (nSPS) is 11.4. The van der Waals surface area contributed by atoms with E-state index in [4.69, 9.17) is 16.3 Å². The molecule has 0 heterocycles. The fourth-order valence-electron chi connectivity index (χ4n) is 2.52. The van der Waals surface area contributed by atoms with E-state index in [2.05, 4.69) is 31.2 Å². The Morgan fingerprint density at radius 2 is 1.78 bits per heavy atom. The van der Waals surface area contributed by atoms with Gasteiger partial charge in [0.05, 0.1) is 17.7 Å². The lowest BCUT2D eigenvalue weighted by Crippen LogP contribution is -2.34. The van der Waals surface area contributed by atoms with E-state index in [0.717, 1.165) is 10.0 Å². The number of ether oxygens (including phenoxy) is 1. The molecule has 166 valence electrons. The minimum absolute atomic E-state index is 0.00875. The highest BCUT2D eigenvalue weighted by Crippen LogP contribution is 2.22. The third-order valence-corrected chi connectivity index (χ3v) is 6.55. The molecule has 0 saturated carbocycles. The summed E-state index contributed by atoms with van der Waals surface area (Å²) in [5.41, 5.74) is 4.01. The van der Waals surface area contributed by atoms with Crippen LogP contribution in [0.2, 0.25) is 5.02 Å². The van der Waals surface area contributed by atoms with Crippen molar-refractivity contribution in [1.29, 1.82) is 0 Å². The van der Waals surface area contributed by atoms with Gasteiger partial charge in [-0.25, -0.2) is 18.6 Å². The summed E-state index contributed by atoms with van der Waals surface area (Å²) >= 11 is 9.18. The average Bonchev–Trinajstić information content (AvgIpc) is 2.79. The maximum Gasteiger partial charge on any atom is 0.255 e. The van der Waals surface area contributed by atoms with E-state index in [9.17, 15) is 13.2 Å². The molecule has 0 spiro atoms. The summed E-state index contributed by atoms with van der Waals surface area (Å²) in [6, 6.07) is 20.8. The van der Waals surface area contributed by atoms with Gasteiger partial charge >= 0.3 is 0 Å². The second-order valence-corrected chi connectivity index (χ2v) is 9.59. The third-order valence-electron chi connectivity index (χ3n) is 4.16. The Labute approximate surface area is 199 Å². The predicted octanol–water partition coefficient (Wildman–Crippen LogP) is 4.11. The molecule has 0 atom stereocenters. The van der Waals surface area contributed by atoms with E-state index in [1.54, 1.807) is 6.07 Å². The Morgan fingerprint density at radius 3 is 2.50 bits per heavy atom. The first-order valence-electron chi connectivity index (χ1n) is 9.37. The van der Waals surface area contributed by atoms with Crippen LogP contribution in [0.3, 0.4) is 0 Å². The van der Waals surface area contributed by atoms with Crippen molar-refractivity contribution in [3.63, 3.8) is 0 Å². The van der Waals surface area contributed by atoms with Crippen molar-refractivity contribution in [3.05, 3.63) is 93.4 Å². The molecule has 32 heavy (non-hydrogen) atoms. The molecular weight excluding hydrogens is 518 g/mol. The SMILES string of the molecule is O=C(CNS(=O)(=O)c1ccc(Cl)cc1)N/N=C/c1cc(OCc2ccccc2)ccc1Br. The van der Waals surface area contributed by atoms with Crippen molar-refractivity contribution < 1.29 is 17.9 Å². The van der Waals surface area contributed by atoms with Crippen LogP contribution in [0, 0.1) is 0 Å². The van der Waals surface area contributed by atoms with Gasteiger partial charge in [-0.3, -0.25) is 4.79 Å². The van der Waals surface area contributed by atoms with Crippen molar-refractivity contribution in [1.82, 2.24) is 10.1 Å². The van der Waals surface area contributed by atoms with Gasteiger partial charge in [-0.15, -0.1) is 0 Å². The number of amides is 1. The van der Waals surface area contributed by atoms with Gasteiger partial charge in [0, 0.05) is 15.1 Å². The Kier molecular flexibility index (Phi) is 8.40. The van der Waals surface area contributed by atoms with Crippen LogP contribution in [-0.4, -0.2) is 27.1 Å². The zero-order valence-corrected chi connectivity index (χ0v) is 19.8. The van der Waals surface area contributed by atoms with E-state index in [0.29, 0.717) is 22.9 Å². The summed E-state index contributed by atoms with van der Waals surface area (Å²) < 4.78 is 33.1. The zero-order valence-electron chi connectivity index (χ0n) is 16.7. The number of halogens is 2. The molecule has 7 nitrogen and oxygen atoms in total. The zero-order chi connectivity index (χ0) is 23.0. The molecule has 0 saturated heterocycles. The Bertz CT molecular complexity index is 1200. The largest absolute Gasteiger partial charge is 0.489 e. The van der Waals surface area contributed by atoms with Crippen molar-refractivity contribution >= 4 is 49.7 Å². The fourth-order valence-corrected chi connectivity index (χ4v) is 3.98. The molecule has 0 aromatic heterocycles. The first-order valence-corrected chi connectivity index (χ1v) is 12.0. The van der Waals surface area contributed by atoms with Crippen LogP contribution < -0.4 is 14.9 Å². The van der Waals surface area contributed by atoms with E-state index in [-0.39, 0.29) is 4.90 Å². The van der Waals surface area contributed by atoms with Gasteiger partial charge in [0.2, 0.25) is 10.0 Å². The molecule has 3 aromatic rings. The summed E-state index contributed by atoms with van der Waals surface area (Å²) in [7, 11) is -3.84. The maximum atomic E-state index is 12.2. The summed E-state index contributed by atoms with van der Waals surface area (Å²) in [4.78, 5) is 12.0. The van der Waals surface area contributed by atoms with E-state index in [1.165, 1.54) is 30.5 Å². The van der Waals surface area contributed by atoms with Gasteiger partial charge in [0.1, 0.15) is 12.4 Å². The lowest BCUT2D eigenvalue weighted by atomic mass is 10.2. The van der Waals surface area contributed by atoms with Crippen LogP contribution >= 0.6 is 27.5 Å². The van der Waals surface area contributed by atoms with Crippen LogP contribution in [0.25, 0.3) is 0 Å². The lowest BCUT2D eigenvalue weighted by Gasteiger charge is -2.08. The van der Waals surface area contributed by atoms with Crippen LogP contribution in [0.15, 0.2) is 87.3 Å². The fraction of sp³-hybridized carbons (Fsp3) is 0.0909. The quantitative estimate of drug-likeness (QED) is 0.318. The third kappa shape index (κ3) is 7.16. The van der Waals surface area contributed by atoms with Crippen molar-refractivity contribution in [3.8, 4) is 5.75 Å². The van der Waals surface area contributed by atoms with E-state index in [1.807, 2.05) is 42.5 Å². The molecule has 3 aromatic carbocycles. The number of rotatable bonds is 9. The van der Waals surface area contributed by atoms with Gasteiger partial charge in [0.15, 0.2) is 0 Å².